The Morgan fingerprint density at radius 1 is 1.00 bits per heavy atom. The molecule has 0 saturated carbocycles. The van der Waals surface area contributed by atoms with Crippen LogP contribution in [0.15, 0.2) is 41.3 Å². The van der Waals surface area contributed by atoms with E-state index in [0.29, 0.717) is 0 Å². The lowest BCUT2D eigenvalue weighted by molar-refractivity contribution is 0.664. The highest BCUT2D eigenvalue weighted by Crippen LogP contribution is 2.23. The van der Waals surface area contributed by atoms with E-state index < -0.39 is 0 Å². The van der Waals surface area contributed by atoms with Gasteiger partial charge in [-0.3, -0.25) is 0 Å². The zero-order chi connectivity index (χ0) is 9.26. The quantitative estimate of drug-likeness (QED) is 0.538. The third-order valence-electron chi connectivity index (χ3n) is 1.94. The number of hydrogen-bond acceptors (Lipinski definition) is 3. The summed E-state index contributed by atoms with van der Waals surface area (Å²) in [5.41, 5.74) is 6.40. The summed E-state index contributed by atoms with van der Waals surface area (Å²) in [6.45, 7) is 0. The number of fused-ring (bicyclic) bond motifs is 1. The Balaban J connectivity index is 2.66. The normalized spacial score (nSPS) is 10.5. The molecule has 3 N–H and O–H groups in total. The number of hydrogen-bond donors (Lipinski definition) is 2. The predicted molar refractivity (Wildman–Crippen MR) is 56.8 cm³/mol. The monoisotopic (exact) mass is 191 g/mol. The maximum Gasteiger partial charge on any atom is 0.0357 e. The van der Waals surface area contributed by atoms with Gasteiger partial charge in [0, 0.05) is 22.6 Å². The van der Waals surface area contributed by atoms with Gasteiger partial charge in [-0.05, 0) is 35.0 Å². The molecule has 2 rings (SSSR count). The average Bonchev–Trinajstić information content (AvgIpc) is 2.17. The Kier molecular flexibility index (Phi) is 2.12. The topological polar surface area (TPSA) is 46.2 Å². The van der Waals surface area contributed by atoms with Crippen LogP contribution in [0.2, 0.25) is 0 Å². The van der Waals surface area contributed by atoms with Crippen LogP contribution in [0, 0.1) is 0 Å². The molecule has 0 aliphatic heterocycles. The van der Waals surface area contributed by atoms with Crippen LogP contribution in [-0.4, -0.2) is 4.55 Å². The average molecular weight is 191 g/mol. The van der Waals surface area contributed by atoms with Gasteiger partial charge in [0.05, 0.1) is 0 Å². The van der Waals surface area contributed by atoms with Crippen molar-refractivity contribution in [2.24, 2.45) is 0 Å². The predicted octanol–water partition coefficient (Wildman–Crippen LogP) is 2.99. The van der Waals surface area contributed by atoms with Gasteiger partial charge in [0.2, 0.25) is 0 Å². The molecule has 0 heterocycles. The summed E-state index contributed by atoms with van der Waals surface area (Å²) in [4.78, 5) is 0.845. The Labute approximate surface area is 80.6 Å². The first-order chi connectivity index (χ1) is 6.29. The highest BCUT2D eigenvalue weighted by molar-refractivity contribution is 7.93. The minimum absolute atomic E-state index is 0.757. The fourth-order valence-electron chi connectivity index (χ4n) is 1.30. The first-order valence-corrected chi connectivity index (χ1v) is 4.67. The van der Waals surface area contributed by atoms with Gasteiger partial charge in [-0.2, -0.15) is 0 Å². The van der Waals surface area contributed by atoms with Crippen LogP contribution >= 0.6 is 12.0 Å². The Morgan fingerprint density at radius 2 is 1.69 bits per heavy atom. The van der Waals surface area contributed by atoms with Gasteiger partial charge < -0.3 is 10.3 Å². The summed E-state index contributed by atoms with van der Waals surface area (Å²) in [7, 11) is 0. The van der Waals surface area contributed by atoms with Gasteiger partial charge in [0.25, 0.3) is 0 Å². The van der Waals surface area contributed by atoms with E-state index in [1.807, 2.05) is 36.4 Å². The van der Waals surface area contributed by atoms with E-state index in [9.17, 15) is 0 Å². The molecule has 0 fully saturated rings. The van der Waals surface area contributed by atoms with Crippen LogP contribution in [-0.2, 0) is 0 Å². The Hall–Kier alpha value is -1.19. The second kappa shape index (κ2) is 3.28. The third kappa shape index (κ3) is 1.61. The van der Waals surface area contributed by atoms with Crippen molar-refractivity contribution in [3.63, 3.8) is 0 Å². The summed E-state index contributed by atoms with van der Waals surface area (Å²) >= 11 is 0.757. The van der Waals surface area contributed by atoms with Crippen molar-refractivity contribution in [2.75, 3.05) is 5.73 Å². The Morgan fingerprint density at radius 3 is 2.46 bits per heavy atom. The molecule has 0 spiro atoms. The minimum atomic E-state index is 0.757. The van der Waals surface area contributed by atoms with E-state index in [1.165, 1.54) is 0 Å². The molecule has 0 aliphatic carbocycles. The summed E-state index contributed by atoms with van der Waals surface area (Å²) in [5.74, 6) is 0. The third-order valence-corrected chi connectivity index (χ3v) is 2.41. The van der Waals surface area contributed by atoms with Crippen molar-refractivity contribution >= 4 is 28.5 Å². The van der Waals surface area contributed by atoms with E-state index >= 15 is 0 Å². The number of nitrogen functional groups attached to an aromatic ring is 1. The van der Waals surface area contributed by atoms with Crippen LogP contribution in [0.25, 0.3) is 10.8 Å². The van der Waals surface area contributed by atoms with E-state index in [4.69, 9.17) is 10.3 Å². The molecule has 0 aliphatic rings. The van der Waals surface area contributed by atoms with E-state index in [0.717, 1.165) is 33.4 Å². The lowest BCUT2D eigenvalue weighted by Gasteiger charge is -2.00. The minimum Gasteiger partial charge on any atom is -0.399 e. The van der Waals surface area contributed by atoms with Crippen molar-refractivity contribution in [3.8, 4) is 0 Å². The molecule has 66 valence electrons. The first kappa shape index (κ1) is 8.41. The highest BCUT2D eigenvalue weighted by atomic mass is 32.2. The molecule has 0 amide bonds. The van der Waals surface area contributed by atoms with E-state index in [2.05, 4.69) is 0 Å². The molecule has 3 heteroatoms. The van der Waals surface area contributed by atoms with Crippen molar-refractivity contribution < 1.29 is 4.55 Å². The summed E-state index contributed by atoms with van der Waals surface area (Å²) in [6.07, 6.45) is 0. The fourth-order valence-corrected chi connectivity index (χ4v) is 1.61. The second-order valence-electron chi connectivity index (χ2n) is 2.86. The maximum atomic E-state index is 8.84. The highest BCUT2D eigenvalue weighted by Gasteiger charge is 1.96. The van der Waals surface area contributed by atoms with Gasteiger partial charge in [0.15, 0.2) is 0 Å². The standard InChI is InChI=1S/C10H9NOS/c11-9-3-1-8-6-10(13-12)4-2-7(8)5-9/h1-6,12H,11H2. The molecule has 0 unspecified atom stereocenters. The summed E-state index contributed by atoms with van der Waals surface area (Å²) in [6, 6.07) is 11.5. The number of anilines is 1. The van der Waals surface area contributed by atoms with Crippen molar-refractivity contribution in [3.05, 3.63) is 36.4 Å². The number of nitrogens with two attached hydrogens (primary N) is 1. The molecular weight excluding hydrogens is 182 g/mol. The molecule has 0 radical (unpaired) electrons. The molecule has 0 bridgehead atoms. The van der Waals surface area contributed by atoms with Gasteiger partial charge in [-0.15, -0.1) is 0 Å². The second-order valence-corrected chi connectivity index (χ2v) is 3.51. The summed E-state index contributed by atoms with van der Waals surface area (Å²) in [5, 5.41) is 2.19. The van der Waals surface area contributed by atoms with Gasteiger partial charge in [-0.1, -0.05) is 12.1 Å². The number of benzene rings is 2. The molecule has 2 aromatic rings. The fraction of sp³-hybridized carbons (Fsp3) is 0. The molecule has 0 atom stereocenters. The summed E-state index contributed by atoms with van der Waals surface area (Å²) < 4.78 is 8.84. The van der Waals surface area contributed by atoms with Crippen LogP contribution in [0.3, 0.4) is 0 Å². The largest absolute Gasteiger partial charge is 0.399 e. The molecule has 0 saturated heterocycles. The van der Waals surface area contributed by atoms with Crippen molar-refractivity contribution in [2.45, 2.75) is 4.90 Å². The SMILES string of the molecule is Nc1ccc2cc(SO)ccc2c1. The van der Waals surface area contributed by atoms with E-state index in [-0.39, 0.29) is 0 Å². The molecule has 2 nitrogen and oxygen atoms in total. The van der Waals surface area contributed by atoms with Crippen LogP contribution < -0.4 is 5.73 Å². The molecule has 0 aromatic heterocycles. The van der Waals surface area contributed by atoms with Crippen LogP contribution in [0.1, 0.15) is 0 Å². The van der Waals surface area contributed by atoms with Gasteiger partial charge in [0.1, 0.15) is 0 Å². The maximum absolute atomic E-state index is 8.84. The molecule has 13 heavy (non-hydrogen) atoms. The zero-order valence-corrected chi connectivity index (χ0v) is 7.71. The smallest absolute Gasteiger partial charge is 0.0357 e. The van der Waals surface area contributed by atoms with Crippen molar-refractivity contribution in [1.29, 1.82) is 0 Å². The molecular formula is C10H9NOS. The molecule has 2 aromatic carbocycles. The Bertz CT molecular complexity index is 442. The lowest BCUT2D eigenvalue weighted by Crippen LogP contribution is -1.83. The number of rotatable bonds is 1. The lowest BCUT2D eigenvalue weighted by atomic mass is 10.1. The van der Waals surface area contributed by atoms with Gasteiger partial charge >= 0.3 is 0 Å². The van der Waals surface area contributed by atoms with Crippen LogP contribution in [0.5, 0.6) is 0 Å². The van der Waals surface area contributed by atoms with E-state index in [1.54, 1.807) is 0 Å². The van der Waals surface area contributed by atoms with Crippen molar-refractivity contribution in [1.82, 2.24) is 0 Å². The first-order valence-electron chi connectivity index (χ1n) is 3.90. The van der Waals surface area contributed by atoms with Gasteiger partial charge in [-0.25, -0.2) is 0 Å². The van der Waals surface area contributed by atoms with Crippen LogP contribution in [0.4, 0.5) is 5.69 Å². The zero-order valence-electron chi connectivity index (χ0n) is 6.90.